The van der Waals surface area contributed by atoms with Gasteiger partial charge < -0.3 is 15.0 Å². The van der Waals surface area contributed by atoms with Gasteiger partial charge in [-0.25, -0.2) is 0 Å². The second-order valence-corrected chi connectivity index (χ2v) is 8.43. The number of nitrogens with one attached hydrogen (secondary N) is 1. The Balaban J connectivity index is 2.01. The highest BCUT2D eigenvalue weighted by molar-refractivity contribution is 5.89. The Labute approximate surface area is 211 Å². The van der Waals surface area contributed by atoms with Crippen molar-refractivity contribution in [3.05, 3.63) is 106 Å². The maximum atomic E-state index is 13.7. The Morgan fingerprint density at radius 1 is 1.00 bits per heavy atom. The van der Waals surface area contributed by atoms with Crippen LogP contribution < -0.4 is 10.1 Å². The van der Waals surface area contributed by atoms with Crippen molar-refractivity contribution in [3.8, 4) is 5.75 Å². The third-order valence-electron chi connectivity index (χ3n) is 5.84. The van der Waals surface area contributed by atoms with E-state index in [1.807, 2.05) is 55.5 Å². The standard InChI is InChI=1S/C28H31N3O5/c1-3-16-29-28(33)26(18-21-10-5-4-6-11-21)30(20-22-12-9-14-24(17-22)36-2)27(32)19-23-13-7-8-15-25(23)31(34)35/h4-15,17,26H,3,16,18-20H2,1-2H3,(H,29,33)/t26-/m0/s1. The number of nitro groups is 1. The lowest BCUT2D eigenvalue weighted by molar-refractivity contribution is -0.385. The Hall–Kier alpha value is -4.20. The van der Waals surface area contributed by atoms with Gasteiger partial charge >= 0.3 is 0 Å². The number of rotatable bonds is 12. The molecular weight excluding hydrogens is 458 g/mol. The monoisotopic (exact) mass is 489 g/mol. The molecule has 0 bridgehead atoms. The van der Waals surface area contributed by atoms with Crippen LogP contribution in [0, 0.1) is 10.1 Å². The van der Waals surface area contributed by atoms with Crippen LogP contribution in [-0.2, 0) is 29.0 Å². The first-order valence-corrected chi connectivity index (χ1v) is 11.9. The second kappa shape index (κ2) is 13.0. The molecule has 0 heterocycles. The Bertz CT molecular complexity index is 1180. The van der Waals surface area contributed by atoms with Crippen LogP contribution >= 0.6 is 0 Å². The fourth-order valence-corrected chi connectivity index (χ4v) is 3.99. The molecule has 36 heavy (non-hydrogen) atoms. The average molecular weight is 490 g/mol. The molecule has 3 aromatic rings. The van der Waals surface area contributed by atoms with E-state index < -0.39 is 11.0 Å². The highest BCUT2D eigenvalue weighted by atomic mass is 16.6. The zero-order valence-electron chi connectivity index (χ0n) is 20.6. The van der Waals surface area contributed by atoms with Crippen LogP contribution in [0.2, 0.25) is 0 Å². The first-order valence-electron chi connectivity index (χ1n) is 11.9. The number of hydrogen-bond acceptors (Lipinski definition) is 5. The minimum absolute atomic E-state index is 0.123. The van der Waals surface area contributed by atoms with Crippen LogP contribution in [-0.4, -0.2) is 41.3 Å². The molecule has 3 aromatic carbocycles. The summed E-state index contributed by atoms with van der Waals surface area (Å²) in [4.78, 5) is 39.7. The predicted molar refractivity (Wildman–Crippen MR) is 138 cm³/mol. The molecule has 0 aliphatic heterocycles. The number of carbonyl (C=O) groups excluding carboxylic acids is 2. The van der Waals surface area contributed by atoms with Gasteiger partial charge in [0.05, 0.1) is 18.5 Å². The van der Waals surface area contributed by atoms with Crippen molar-refractivity contribution in [2.75, 3.05) is 13.7 Å². The molecule has 0 aliphatic carbocycles. The Kier molecular flexibility index (Phi) is 9.56. The van der Waals surface area contributed by atoms with Crippen LogP contribution in [0.5, 0.6) is 5.75 Å². The second-order valence-electron chi connectivity index (χ2n) is 8.43. The zero-order valence-corrected chi connectivity index (χ0v) is 20.6. The molecule has 1 N–H and O–H groups in total. The number of nitrogens with zero attached hydrogens (tertiary/aromatic N) is 2. The van der Waals surface area contributed by atoms with Crippen molar-refractivity contribution in [1.82, 2.24) is 10.2 Å². The van der Waals surface area contributed by atoms with Crippen molar-refractivity contribution in [3.63, 3.8) is 0 Å². The van der Waals surface area contributed by atoms with Gasteiger partial charge in [-0.2, -0.15) is 0 Å². The summed E-state index contributed by atoms with van der Waals surface area (Å²) in [5.41, 5.74) is 1.87. The van der Waals surface area contributed by atoms with E-state index in [0.717, 1.165) is 17.5 Å². The van der Waals surface area contributed by atoms with Crippen molar-refractivity contribution in [1.29, 1.82) is 0 Å². The van der Waals surface area contributed by atoms with E-state index in [4.69, 9.17) is 4.74 Å². The fraction of sp³-hybridized carbons (Fsp3) is 0.286. The molecule has 0 saturated carbocycles. The zero-order chi connectivity index (χ0) is 25.9. The van der Waals surface area contributed by atoms with Gasteiger partial charge in [0, 0.05) is 31.1 Å². The topological polar surface area (TPSA) is 102 Å². The maximum absolute atomic E-state index is 13.7. The van der Waals surface area contributed by atoms with Gasteiger partial charge in [0.15, 0.2) is 0 Å². The third-order valence-corrected chi connectivity index (χ3v) is 5.84. The molecule has 8 heteroatoms. The van der Waals surface area contributed by atoms with E-state index in [-0.39, 0.29) is 30.5 Å². The molecule has 188 valence electrons. The SMILES string of the molecule is CCCNC(=O)[C@H](Cc1ccccc1)N(Cc1cccc(OC)c1)C(=O)Cc1ccccc1[N+](=O)[O-]. The summed E-state index contributed by atoms with van der Waals surface area (Å²) in [6.07, 6.45) is 0.861. The molecule has 0 spiro atoms. The van der Waals surface area contributed by atoms with Crippen LogP contribution in [0.1, 0.15) is 30.0 Å². The number of carbonyl (C=O) groups is 2. The van der Waals surface area contributed by atoms with E-state index >= 15 is 0 Å². The Morgan fingerprint density at radius 2 is 1.69 bits per heavy atom. The lowest BCUT2D eigenvalue weighted by atomic mass is 10.0. The number of nitro benzene ring substituents is 1. The average Bonchev–Trinajstić information content (AvgIpc) is 2.90. The highest BCUT2D eigenvalue weighted by Gasteiger charge is 2.31. The minimum Gasteiger partial charge on any atom is -0.497 e. The van der Waals surface area contributed by atoms with E-state index in [0.29, 0.717) is 24.3 Å². The van der Waals surface area contributed by atoms with Crippen LogP contribution in [0.25, 0.3) is 0 Å². The summed E-state index contributed by atoms with van der Waals surface area (Å²) in [5.74, 6) is -0.00662. The first-order chi connectivity index (χ1) is 17.4. The molecule has 0 aliphatic rings. The summed E-state index contributed by atoms with van der Waals surface area (Å²) in [5, 5.41) is 14.5. The molecule has 0 radical (unpaired) electrons. The summed E-state index contributed by atoms with van der Waals surface area (Å²) < 4.78 is 5.33. The molecular formula is C28H31N3O5. The smallest absolute Gasteiger partial charge is 0.273 e. The van der Waals surface area contributed by atoms with Gasteiger partial charge in [0.1, 0.15) is 11.8 Å². The van der Waals surface area contributed by atoms with Crippen molar-refractivity contribution >= 4 is 17.5 Å². The van der Waals surface area contributed by atoms with Crippen molar-refractivity contribution < 1.29 is 19.2 Å². The van der Waals surface area contributed by atoms with Gasteiger partial charge in [-0.15, -0.1) is 0 Å². The van der Waals surface area contributed by atoms with Gasteiger partial charge in [-0.3, -0.25) is 19.7 Å². The molecule has 0 unspecified atom stereocenters. The first kappa shape index (κ1) is 26.4. The van der Waals surface area contributed by atoms with E-state index in [2.05, 4.69) is 5.32 Å². The van der Waals surface area contributed by atoms with Crippen LogP contribution in [0.3, 0.4) is 0 Å². The summed E-state index contributed by atoms with van der Waals surface area (Å²) >= 11 is 0. The Morgan fingerprint density at radius 3 is 2.39 bits per heavy atom. The lowest BCUT2D eigenvalue weighted by Crippen LogP contribution is -2.51. The number of methoxy groups -OCH3 is 1. The quantitative estimate of drug-likeness (QED) is 0.302. The van der Waals surface area contributed by atoms with Gasteiger partial charge in [-0.05, 0) is 29.7 Å². The number of benzene rings is 3. The molecule has 8 nitrogen and oxygen atoms in total. The molecule has 2 amide bonds. The van der Waals surface area contributed by atoms with Crippen molar-refractivity contribution in [2.24, 2.45) is 0 Å². The fourth-order valence-electron chi connectivity index (χ4n) is 3.99. The van der Waals surface area contributed by atoms with Gasteiger partial charge in [0.25, 0.3) is 5.69 Å². The number of hydrogen-bond donors (Lipinski definition) is 1. The third kappa shape index (κ3) is 7.15. The molecule has 0 saturated heterocycles. The van der Waals surface area contributed by atoms with E-state index in [1.165, 1.54) is 11.0 Å². The van der Waals surface area contributed by atoms with E-state index in [9.17, 15) is 19.7 Å². The molecule has 1 atom stereocenters. The highest BCUT2D eigenvalue weighted by Crippen LogP contribution is 2.22. The van der Waals surface area contributed by atoms with Gasteiger partial charge in [-0.1, -0.05) is 67.6 Å². The van der Waals surface area contributed by atoms with E-state index in [1.54, 1.807) is 31.4 Å². The molecule has 3 rings (SSSR count). The van der Waals surface area contributed by atoms with Crippen molar-refractivity contribution in [2.45, 2.75) is 38.8 Å². The van der Waals surface area contributed by atoms with Crippen LogP contribution in [0.4, 0.5) is 5.69 Å². The number of ether oxygens (including phenoxy) is 1. The van der Waals surface area contributed by atoms with Gasteiger partial charge in [0.2, 0.25) is 11.8 Å². The summed E-state index contributed by atoms with van der Waals surface area (Å²) in [6, 6.07) is 22.2. The number of para-hydroxylation sites is 1. The lowest BCUT2D eigenvalue weighted by Gasteiger charge is -2.31. The summed E-state index contributed by atoms with van der Waals surface area (Å²) in [6.45, 7) is 2.59. The normalized spacial score (nSPS) is 11.4. The van der Waals surface area contributed by atoms with Crippen LogP contribution in [0.15, 0.2) is 78.9 Å². The number of amides is 2. The molecule has 0 fully saturated rings. The largest absolute Gasteiger partial charge is 0.497 e. The maximum Gasteiger partial charge on any atom is 0.273 e. The molecule has 0 aromatic heterocycles. The summed E-state index contributed by atoms with van der Waals surface area (Å²) in [7, 11) is 1.56. The predicted octanol–water partition coefficient (Wildman–Crippen LogP) is 4.31. The minimum atomic E-state index is -0.805.